The van der Waals surface area contributed by atoms with Gasteiger partial charge in [-0.1, -0.05) is 35.9 Å². The lowest BCUT2D eigenvalue weighted by molar-refractivity contribution is 0.122. The van der Waals surface area contributed by atoms with E-state index in [1.807, 2.05) is 24.3 Å². The second-order valence-electron chi connectivity index (χ2n) is 6.44. The van der Waals surface area contributed by atoms with Gasteiger partial charge in [0.2, 0.25) is 0 Å². The summed E-state index contributed by atoms with van der Waals surface area (Å²) >= 11 is 6.04. The minimum Gasteiger partial charge on any atom is -0.378 e. The van der Waals surface area contributed by atoms with Gasteiger partial charge in [-0.15, -0.1) is 0 Å². The molecule has 0 spiro atoms. The van der Waals surface area contributed by atoms with E-state index in [1.54, 1.807) is 0 Å². The van der Waals surface area contributed by atoms with Crippen LogP contribution < -0.4 is 15.5 Å². The number of morpholine rings is 1. The molecule has 2 N–H and O–H groups in total. The Bertz CT molecular complexity index is 742. The van der Waals surface area contributed by atoms with Gasteiger partial charge in [0.25, 0.3) is 0 Å². The van der Waals surface area contributed by atoms with E-state index in [0.29, 0.717) is 6.54 Å². The highest BCUT2D eigenvalue weighted by Gasteiger charge is 2.10. The molecule has 0 aliphatic carbocycles. The summed E-state index contributed by atoms with van der Waals surface area (Å²) in [7, 11) is 0. The lowest BCUT2D eigenvalue weighted by atomic mass is 10.2. The van der Waals surface area contributed by atoms with E-state index >= 15 is 0 Å². The Labute approximate surface area is 166 Å². The quantitative estimate of drug-likeness (QED) is 0.590. The van der Waals surface area contributed by atoms with Crippen LogP contribution in [0.3, 0.4) is 0 Å². The maximum atomic E-state index is 6.04. The first-order valence-electron chi connectivity index (χ1n) is 9.43. The van der Waals surface area contributed by atoms with E-state index in [0.717, 1.165) is 55.9 Å². The summed E-state index contributed by atoms with van der Waals surface area (Å²) in [5.74, 6) is 0.801. The van der Waals surface area contributed by atoms with E-state index in [9.17, 15) is 0 Å². The van der Waals surface area contributed by atoms with Crippen molar-refractivity contribution in [2.45, 2.75) is 20.0 Å². The molecule has 1 aliphatic heterocycles. The molecule has 6 heteroatoms. The van der Waals surface area contributed by atoms with Crippen molar-refractivity contribution in [2.24, 2.45) is 4.99 Å². The molecule has 0 aromatic heterocycles. The Balaban J connectivity index is 1.56. The summed E-state index contributed by atoms with van der Waals surface area (Å²) in [6.45, 7) is 7.72. The van der Waals surface area contributed by atoms with Crippen molar-refractivity contribution in [1.29, 1.82) is 0 Å². The standard InChI is InChI=1S/C21H27ClN4O/c1-2-23-21(25-16-18-4-3-5-19(22)14-18)24-15-17-6-8-20(9-7-17)26-10-12-27-13-11-26/h3-9,14H,2,10-13,15-16H2,1H3,(H2,23,24,25). The fourth-order valence-electron chi connectivity index (χ4n) is 2.98. The number of nitrogens with one attached hydrogen (secondary N) is 2. The van der Waals surface area contributed by atoms with Crippen LogP contribution in [-0.4, -0.2) is 38.8 Å². The molecule has 3 rings (SSSR count). The number of hydrogen-bond donors (Lipinski definition) is 2. The Morgan fingerprint density at radius 3 is 2.56 bits per heavy atom. The molecule has 0 unspecified atom stereocenters. The minimum atomic E-state index is 0.589. The van der Waals surface area contributed by atoms with E-state index in [1.165, 1.54) is 11.3 Å². The van der Waals surface area contributed by atoms with Crippen LogP contribution in [0.25, 0.3) is 0 Å². The lowest BCUT2D eigenvalue weighted by Crippen LogP contribution is -2.37. The molecule has 2 aromatic carbocycles. The third-order valence-electron chi connectivity index (χ3n) is 4.43. The smallest absolute Gasteiger partial charge is 0.191 e. The van der Waals surface area contributed by atoms with E-state index in [2.05, 4.69) is 51.7 Å². The molecule has 5 nitrogen and oxygen atoms in total. The summed E-state index contributed by atoms with van der Waals surface area (Å²) in [6, 6.07) is 16.5. The Morgan fingerprint density at radius 1 is 1.07 bits per heavy atom. The van der Waals surface area contributed by atoms with Gasteiger partial charge in [0, 0.05) is 36.9 Å². The number of rotatable bonds is 6. The molecule has 1 saturated heterocycles. The van der Waals surface area contributed by atoms with E-state index in [4.69, 9.17) is 16.3 Å². The highest BCUT2D eigenvalue weighted by Crippen LogP contribution is 2.16. The maximum absolute atomic E-state index is 6.04. The average molecular weight is 387 g/mol. The first kappa shape index (κ1) is 19.5. The number of benzene rings is 2. The molecule has 0 bridgehead atoms. The van der Waals surface area contributed by atoms with Gasteiger partial charge in [-0.05, 0) is 42.3 Å². The Kier molecular flexibility index (Phi) is 7.36. The molecule has 1 heterocycles. The van der Waals surface area contributed by atoms with Crippen molar-refractivity contribution in [3.05, 3.63) is 64.7 Å². The van der Waals surface area contributed by atoms with Crippen LogP contribution in [0, 0.1) is 0 Å². The highest BCUT2D eigenvalue weighted by molar-refractivity contribution is 6.30. The fourth-order valence-corrected chi connectivity index (χ4v) is 3.19. The number of ether oxygens (including phenoxy) is 1. The van der Waals surface area contributed by atoms with Crippen LogP contribution in [0.15, 0.2) is 53.5 Å². The molecule has 27 heavy (non-hydrogen) atoms. The molecular formula is C21H27ClN4O. The normalized spacial score (nSPS) is 14.9. The van der Waals surface area contributed by atoms with Crippen molar-refractivity contribution in [3.63, 3.8) is 0 Å². The van der Waals surface area contributed by atoms with Crippen molar-refractivity contribution in [1.82, 2.24) is 10.6 Å². The van der Waals surface area contributed by atoms with Crippen molar-refractivity contribution >= 4 is 23.2 Å². The zero-order chi connectivity index (χ0) is 18.9. The van der Waals surface area contributed by atoms with Crippen LogP contribution in [0.2, 0.25) is 5.02 Å². The second kappa shape index (κ2) is 10.2. The van der Waals surface area contributed by atoms with Gasteiger partial charge < -0.3 is 20.3 Å². The molecule has 0 saturated carbocycles. The predicted molar refractivity (Wildman–Crippen MR) is 113 cm³/mol. The first-order valence-corrected chi connectivity index (χ1v) is 9.80. The average Bonchev–Trinajstić information content (AvgIpc) is 2.71. The third-order valence-corrected chi connectivity index (χ3v) is 4.66. The molecule has 1 aliphatic rings. The molecule has 0 atom stereocenters. The number of guanidine groups is 1. The second-order valence-corrected chi connectivity index (χ2v) is 6.88. The van der Waals surface area contributed by atoms with Crippen molar-refractivity contribution < 1.29 is 4.74 Å². The van der Waals surface area contributed by atoms with Gasteiger partial charge in [0.15, 0.2) is 5.96 Å². The summed E-state index contributed by atoms with van der Waals surface area (Å²) in [5, 5.41) is 7.41. The number of hydrogen-bond acceptors (Lipinski definition) is 3. The van der Waals surface area contributed by atoms with Crippen LogP contribution in [0.1, 0.15) is 18.1 Å². The lowest BCUT2D eigenvalue weighted by Gasteiger charge is -2.28. The predicted octanol–water partition coefficient (Wildman–Crippen LogP) is 3.43. The monoisotopic (exact) mass is 386 g/mol. The molecule has 2 aromatic rings. The Morgan fingerprint density at radius 2 is 1.85 bits per heavy atom. The zero-order valence-electron chi connectivity index (χ0n) is 15.7. The number of nitrogens with zero attached hydrogens (tertiary/aromatic N) is 2. The zero-order valence-corrected chi connectivity index (χ0v) is 16.5. The minimum absolute atomic E-state index is 0.589. The summed E-state index contributed by atoms with van der Waals surface area (Å²) in [5.41, 5.74) is 3.57. The van der Waals surface area contributed by atoms with Gasteiger partial charge in [0.05, 0.1) is 19.8 Å². The topological polar surface area (TPSA) is 48.9 Å². The summed E-state index contributed by atoms with van der Waals surface area (Å²) in [6.07, 6.45) is 0. The molecule has 0 amide bonds. The first-order chi connectivity index (χ1) is 13.2. The third kappa shape index (κ3) is 6.15. The molecule has 1 fully saturated rings. The van der Waals surface area contributed by atoms with Crippen molar-refractivity contribution in [3.8, 4) is 0 Å². The van der Waals surface area contributed by atoms with Gasteiger partial charge in [-0.3, -0.25) is 0 Å². The largest absolute Gasteiger partial charge is 0.378 e. The van der Waals surface area contributed by atoms with E-state index in [-0.39, 0.29) is 0 Å². The highest BCUT2D eigenvalue weighted by atomic mass is 35.5. The summed E-state index contributed by atoms with van der Waals surface area (Å²) in [4.78, 5) is 7.00. The van der Waals surface area contributed by atoms with Crippen LogP contribution in [0.4, 0.5) is 5.69 Å². The van der Waals surface area contributed by atoms with E-state index < -0.39 is 0 Å². The maximum Gasteiger partial charge on any atom is 0.191 e. The fraction of sp³-hybridized carbons (Fsp3) is 0.381. The Hall–Kier alpha value is -2.24. The SMILES string of the molecule is CCNC(=NCc1cccc(Cl)c1)NCc1ccc(N2CCOCC2)cc1. The van der Waals surface area contributed by atoms with Gasteiger partial charge in [-0.25, -0.2) is 4.99 Å². The number of halogens is 1. The van der Waals surface area contributed by atoms with Gasteiger partial charge >= 0.3 is 0 Å². The van der Waals surface area contributed by atoms with Crippen molar-refractivity contribution in [2.75, 3.05) is 37.7 Å². The van der Waals surface area contributed by atoms with Crippen LogP contribution in [0.5, 0.6) is 0 Å². The van der Waals surface area contributed by atoms with Crippen LogP contribution in [-0.2, 0) is 17.8 Å². The van der Waals surface area contributed by atoms with Gasteiger partial charge in [-0.2, -0.15) is 0 Å². The molecular weight excluding hydrogens is 360 g/mol. The summed E-state index contributed by atoms with van der Waals surface area (Å²) < 4.78 is 5.42. The molecule has 0 radical (unpaired) electrons. The number of anilines is 1. The van der Waals surface area contributed by atoms with Crippen LogP contribution >= 0.6 is 11.6 Å². The molecule has 144 valence electrons. The van der Waals surface area contributed by atoms with Gasteiger partial charge in [0.1, 0.15) is 0 Å². The number of aliphatic imine (C=N–C) groups is 1.